The quantitative estimate of drug-likeness (QED) is 0.237. The second-order valence-corrected chi connectivity index (χ2v) is 11.9. The third kappa shape index (κ3) is 9.74. The molecule has 1 heterocycles. The first-order chi connectivity index (χ1) is 19.0. The van der Waals surface area contributed by atoms with Crippen molar-refractivity contribution in [1.29, 1.82) is 0 Å². The zero-order valence-corrected chi connectivity index (χ0v) is 24.5. The number of benzene rings is 1. The van der Waals surface area contributed by atoms with Gasteiger partial charge in [0.1, 0.15) is 11.3 Å². The largest absolute Gasteiger partial charge is 0.443 e. The van der Waals surface area contributed by atoms with E-state index < -0.39 is 23.3 Å². The van der Waals surface area contributed by atoms with Crippen LogP contribution in [0.3, 0.4) is 0 Å². The highest BCUT2D eigenvalue weighted by Crippen LogP contribution is 2.39. The van der Waals surface area contributed by atoms with Crippen LogP contribution in [-0.2, 0) is 9.47 Å². The van der Waals surface area contributed by atoms with Gasteiger partial charge in [-0.1, -0.05) is 30.8 Å². The number of aliphatic hydroxyl groups excluding tert-OH is 1. The molecule has 4 rings (SSSR count). The number of carbonyl (C=O) groups excluding carboxylic acids is 1. The Bertz CT molecular complexity index is 1100. The fourth-order valence-corrected chi connectivity index (χ4v) is 4.81. The molecule has 0 spiro atoms. The molecule has 2 aliphatic rings. The Balaban J connectivity index is 0.000000472. The molecule has 1 aromatic heterocycles. The van der Waals surface area contributed by atoms with Crippen molar-refractivity contribution in [1.82, 2.24) is 9.97 Å². The highest BCUT2D eigenvalue weighted by atomic mass is 32.2. The number of halogens is 2. The average molecular weight is 582 g/mol. The van der Waals surface area contributed by atoms with Crippen molar-refractivity contribution in [3.8, 4) is 0 Å². The van der Waals surface area contributed by atoms with Crippen LogP contribution < -0.4 is 16.0 Å². The van der Waals surface area contributed by atoms with E-state index >= 15 is 0 Å². The molecule has 222 valence electrons. The van der Waals surface area contributed by atoms with E-state index in [1.54, 1.807) is 16.7 Å². The smallest absolute Gasteiger partial charge is 0.416 e. The van der Waals surface area contributed by atoms with Crippen LogP contribution in [0.4, 0.5) is 30.9 Å². The number of nitrogens with one attached hydrogen (secondary N) is 1. The lowest BCUT2D eigenvalue weighted by molar-refractivity contribution is 0.0326. The summed E-state index contributed by atoms with van der Waals surface area (Å²) in [6.07, 6.45) is 5.12. The Hall–Kier alpha value is -2.70. The molecule has 4 N–H and O–H groups in total. The van der Waals surface area contributed by atoms with Crippen molar-refractivity contribution >= 4 is 35.2 Å². The van der Waals surface area contributed by atoms with Gasteiger partial charge in [-0.25, -0.2) is 23.5 Å². The Labute approximate surface area is 239 Å². The number of nitrogens with two attached hydrogens (primary N) is 1. The zero-order valence-electron chi connectivity index (χ0n) is 23.7. The maximum Gasteiger partial charge on any atom is 0.416 e. The molecule has 0 radical (unpaired) electrons. The van der Waals surface area contributed by atoms with Crippen LogP contribution in [0.5, 0.6) is 0 Å². The van der Waals surface area contributed by atoms with Crippen molar-refractivity contribution in [3.63, 3.8) is 0 Å². The van der Waals surface area contributed by atoms with Gasteiger partial charge in [0.05, 0.1) is 19.3 Å². The number of hydrogen-bond acceptors (Lipinski definition) is 9. The van der Waals surface area contributed by atoms with Gasteiger partial charge < -0.3 is 25.6 Å². The minimum atomic E-state index is -0.799. The number of nitrogen functional groups attached to an aromatic ring is 1. The SMILES string of the molecule is CCCSc1nc(NC2CCC(OCCO)C2)c(N)c(N(C(=O)OC(C)(C)C)C2CC2)n1.Fc1ccccc1F. The van der Waals surface area contributed by atoms with Gasteiger partial charge >= 0.3 is 6.09 Å². The van der Waals surface area contributed by atoms with Gasteiger partial charge in [0.2, 0.25) is 0 Å². The molecule has 9 nitrogen and oxygen atoms in total. The number of hydrogen-bond donors (Lipinski definition) is 3. The van der Waals surface area contributed by atoms with E-state index in [2.05, 4.69) is 22.2 Å². The van der Waals surface area contributed by atoms with Crippen LogP contribution in [0.15, 0.2) is 29.4 Å². The first-order valence-corrected chi connectivity index (χ1v) is 14.7. The molecule has 2 atom stereocenters. The number of carbonyl (C=O) groups is 1. The van der Waals surface area contributed by atoms with Crippen LogP contribution in [0.1, 0.15) is 66.2 Å². The molecule has 2 aromatic rings. The number of thioether (sulfide) groups is 1. The molecule has 0 aliphatic heterocycles. The van der Waals surface area contributed by atoms with E-state index in [1.807, 2.05) is 20.8 Å². The summed E-state index contributed by atoms with van der Waals surface area (Å²) in [4.78, 5) is 24.0. The lowest BCUT2D eigenvalue weighted by Gasteiger charge is -2.28. The minimum Gasteiger partial charge on any atom is -0.443 e. The molecule has 2 saturated carbocycles. The maximum atomic E-state index is 13.0. The summed E-state index contributed by atoms with van der Waals surface area (Å²) >= 11 is 1.55. The summed E-state index contributed by atoms with van der Waals surface area (Å²) in [7, 11) is 0. The summed E-state index contributed by atoms with van der Waals surface area (Å²) < 4.78 is 35.2. The summed E-state index contributed by atoms with van der Waals surface area (Å²) in [6.45, 7) is 8.03. The van der Waals surface area contributed by atoms with Gasteiger partial charge in [0.25, 0.3) is 0 Å². The van der Waals surface area contributed by atoms with Gasteiger partial charge in [0.15, 0.2) is 28.4 Å². The predicted octanol–water partition coefficient (Wildman–Crippen LogP) is 5.77. The van der Waals surface area contributed by atoms with Crippen LogP contribution in [0.25, 0.3) is 0 Å². The first-order valence-electron chi connectivity index (χ1n) is 13.7. The Kier molecular flexibility index (Phi) is 11.8. The van der Waals surface area contributed by atoms with Gasteiger partial charge in [-0.2, -0.15) is 0 Å². The first kappa shape index (κ1) is 31.8. The number of anilines is 3. The van der Waals surface area contributed by atoms with Gasteiger partial charge in [-0.15, -0.1) is 0 Å². The number of aliphatic hydroxyl groups is 1. The fraction of sp³-hybridized carbons (Fsp3) is 0.607. The van der Waals surface area contributed by atoms with Crippen molar-refractivity contribution < 1.29 is 28.2 Å². The van der Waals surface area contributed by atoms with Gasteiger partial charge in [-0.05, 0) is 71.4 Å². The summed E-state index contributed by atoms with van der Waals surface area (Å²) in [5, 5.41) is 13.1. The predicted molar refractivity (Wildman–Crippen MR) is 154 cm³/mol. The van der Waals surface area contributed by atoms with Gasteiger partial charge in [-0.3, -0.25) is 4.90 Å². The topological polar surface area (TPSA) is 123 Å². The van der Waals surface area contributed by atoms with E-state index in [-0.39, 0.29) is 24.8 Å². The molecule has 2 aliphatic carbocycles. The number of aromatic nitrogens is 2. The van der Waals surface area contributed by atoms with Gasteiger partial charge in [0, 0.05) is 17.8 Å². The Morgan fingerprint density at radius 2 is 1.85 bits per heavy atom. The number of ether oxygens (including phenoxy) is 2. The monoisotopic (exact) mass is 581 g/mol. The summed E-state index contributed by atoms with van der Waals surface area (Å²) in [5.74, 6) is 0.249. The van der Waals surface area contributed by atoms with E-state index in [4.69, 9.17) is 20.3 Å². The van der Waals surface area contributed by atoms with Crippen molar-refractivity contribution in [2.75, 3.05) is 34.9 Å². The molecule has 12 heteroatoms. The van der Waals surface area contributed by atoms with Crippen LogP contribution in [-0.4, -0.2) is 63.9 Å². The lowest BCUT2D eigenvalue weighted by Crippen LogP contribution is -2.39. The molecule has 2 unspecified atom stereocenters. The highest BCUT2D eigenvalue weighted by Gasteiger charge is 2.39. The normalized spacial score (nSPS) is 18.6. The van der Waals surface area contributed by atoms with Crippen LogP contribution >= 0.6 is 11.8 Å². The number of nitrogens with zero attached hydrogens (tertiary/aromatic N) is 3. The molecule has 40 heavy (non-hydrogen) atoms. The lowest BCUT2D eigenvalue weighted by atomic mass is 10.2. The number of amides is 1. The third-order valence-electron chi connectivity index (χ3n) is 6.07. The third-order valence-corrected chi connectivity index (χ3v) is 7.12. The summed E-state index contributed by atoms with van der Waals surface area (Å²) in [5.41, 5.74) is 6.28. The molecule has 0 saturated heterocycles. The standard InChI is InChI=1S/C22H37N5O4S.C6H4F2/c1-5-12-32-20-25-18(24-14-6-9-16(13-14)30-11-10-28)17(23)19(26-20)27(15-7-8-15)21(29)31-22(2,3)4;7-5-3-1-2-4-6(5)8/h14-16,28H,5-13,23H2,1-4H3,(H,24,25,26);1-4H. The van der Waals surface area contributed by atoms with Crippen LogP contribution in [0.2, 0.25) is 0 Å². The van der Waals surface area contributed by atoms with E-state index in [1.165, 1.54) is 12.1 Å². The summed E-state index contributed by atoms with van der Waals surface area (Å²) in [6, 6.07) is 5.24. The van der Waals surface area contributed by atoms with Crippen molar-refractivity contribution in [2.24, 2.45) is 0 Å². The molecule has 2 fully saturated rings. The van der Waals surface area contributed by atoms with E-state index in [9.17, 15) is 13.6 Å². The Morgan fingerprint density at radius 3 is 2.40 bits per heavy atom. The Morgan fingerprint density at radius 1 is 1.18 bits per heavy atom. The fourth-order valence-electron chi connectivity index (χ4n) is 4.12. The van der Waals surface area contributed by atoms with Crippen LogP contribution in [0, 0.1) is 11.6 Å². The molecular formula is C28H41F2N5O4S. The maximum absolute atomic E-state index is 13.0. The number of rotatable bonds is 10. The molecule has 0 bridgehead atoms. The molecular weight excluding hydrogens is 540 g/mol. The highest BCUT2D eigenvalue weighted by molar-refractivity contribution is 7.99. The van der Waals surface area contributed by atoms with E-state index in [0.717, 1.165) is 56.4 Å². The molecule has 1 aromatic carbocycles. The van der Waals surface area contributed by atoms with Crippen molar-refractivity contribution in [3.05, 3.63) is 35.9 Å². The second kappa shape index (κ2) is 14.8. The average Bonchev–Trinajstić information content (AvgIpc) is 3.62. The minimum absolute atomic E-state index is 0.0243. The molecule has 1 amide bonds. The van der Waals surface area contributed by atoms with Crippen molar-refractivity contribution in [2.45, 2.75) is 95.2 Å². The second-order valence-electron chi connectivity index (χ2n) is 10.8. The van der Waals surface area contributed by atoms with E-state index in [0.29, 0.717) is 29.1 Å². The zero-order chi connectivity index (χ0) is 29.3.